The van der Waals surface area contributed by atoms with Crippen molar-refractivity contribution in [1.29, 1.82) is 0 Å². The van der Waals surface area contributed by atoms with E-state index in [-0.39, 0.29) is 6.04 Å². The smallest absolute Gasteiger partial charge is 0.0993 e. The standard InChI is InChI=1S/C10H20N4O/c1-3-9(11)10-8-14(13-12-10)6-4-5-7-15-2/h8-9H,3-7,11H2,1-2H3. The van der Waals surface area contributed by atoms with Crippen LogP contribution in [0.25, 0.3) is 0 Å². The normalized spacial score (nSPS) is 13.0. The van der Waals surface area contributed by atoms with Gasteiger partial charge < -0.3 is 10.5 Å². The zero-order valence-corrected chi connectivity index (χ0v) is 9.52. The van der Waals surface area contributed by atoms with E-state index in [1.807, 2.05) is 17.8 Å². The van der Waals surface area contributed by atoms with Crippen molar-refractivity contribution in [3.63, 3.8) is 0 Å². The van der Waals surface area contributed by atoms with E-state index in [1.165, 1.54) is 0 Å². The zero-order chi connectivity index (χ0) is 11.1. The van der Waals surface area contributed by atoms with Crippen molar-refractivity contribution in [3.8, 4) is 0 Å². The Balaban J connectivity index is 2.33. The summed E-state index contributed by atoms with van der Waals surface area (Å²) in [4.78, 5) is 0. The van der Waals surface area contributed by atoms with E-state index in [0.717, 1.165) is 38.1 Å². The molecule has 0 aliphatic carbocycles. The molecule has 0 spiro atoms. The lowest BCUT2D eigenvalue weighted by Crippen LogP contribution is -2.08. The van der Waals surface area contributed by atoms with Crippen molar-refractivity contribution in [2.45, 2.75) is 38.8 Å². The van der Waals surface area contributed by atoms with Gasteiger partial charge in [0.15, 0.2) is 0 Å². The summed E-state index contributed by atoms with van der Waals surface area (Å²) < 4.78 is 6.82. The molecule has 0 saturated carbocycles. The molecule has 1 aromatic heterocycles. The molecule has 1 aromatic rings. The van der Waals surface area contributed by atoms with E-state index in [4.69, 9.17) is 10.5 Å². The van der Waals surface area contributed by atoms with E-state index in [0.29, 0.717) is 0 Å². The molecule has 0 aliphatic heterocycles. The molecule has 0 radical (unpaired) electrons. The van der Waals surface area contributed by atoms with E-state index >= 15 is 0 Å². The minimum absolute atomic E-state index is 0.0118. The van der Waals surface area contributed by atoms with Crippen LogP contribution in [0.1, 0.15) is 37.9 Å². The van der Waals surface area contributed by atoms with Gasteiger partial charge in [-0.15, -0.1) is 5.10 Å². The minimum Gasteiger partial charge on any atom is -0.385 e. The molecule has 86 valence electrons. The molecule has 0 amide bonds. The summed E-state index contributed by atoms with van der Waals surface area (Å²) in [5.41, 5.74) is 6.73. The van der Waals surface area contributed by atoms with Crippen molar-refractivity contribution < 1.29 is 4.74 Å². The van der Waals surface area contributed by atoms with Gasteiger partial charge in [-0.1, -0.05) is 12.1 Å². The first-order valence-corrected chi connectivity index (χ1v) is 5.42. The average molecular weight is 212 g/mol. The number of aromatic nitrogens is 3. The first kappa shape index (κ1) is 12.1. The molecule has 5 heteroatoms. The van der Waals surface area contributed by atoms with Gasteiger partial charge in [-0.05, 0) is 19.3 Å². The lowest BCUT2D eigenvalue weighted by molar-refractivity contribution is 0.191. The quantitative estimate of drug-likeness (QED) is 0.688. The van der Waals surface area contributed by atoms with Gasteiger partial charge >= 0.3 is 0 Å². The predicted octanol–water partition coefficient (Wildman–Crippen LogP) is 1.11. The third-order valence-corrected chi connectivity index (χ3v) is 2.36. The van der Waals surface area contributed by atoms with Gasteiger partial charge in [0.25, 0.3) is 0 Å². The minimum atomic E-state index is 0.0118. The van der Waals surface area contributed by atoms with Crippen LogP contribution in [0.4, 0.5) is 0 Å². The summed E-state index contributed by atoms with van der Waals surface area (Å²) >= 11 is 0. The van der Waals surface area contributed by atoms with Crippen molar-refractivity contribution in [2.75, 3.05) is 13.7 Å². The van der Waals surface area contributed by atoms with Crippen LogP contribution in [0, 0.1) is 0 Å². The summed E-state index contributed by atoms with van der Waals surface area (Å²) in [5.74, 6) is 0. The van der Waals surface area contributed by atoms with Crippen molar-refractivity contribution >= 4 is 0 Å². The second-order valence-electron chi connectivity index (χ2n) is 3.62. The first-order valence-electron chi connectivity index (χ1n) is 5.42. The number of hydrogen-bond donors (Lipinski definition) is 1. The summed E-state index contributed by atoms with van der Waals surface area (Å²) in [6, 6.07) is 0.0118. The Morgan fingerprint density at radius 1 is 1.53 bits per heavy atom. The van der Waals surface area contributed by atoms with Crippen molar-refractivity contribution in [2.24, 2.45) is 5.73 Å². The van der Waals surface area contributed by atoms with Crippen LogP contribution in [0.5, 0.6) is 0 Å². The second kappa shape index (κ2) is 6.53. The van der Waals surface area contributed by atoms with E-state index in [2.05, 4.69) is 10.3 Å². The number of ether oxygens (including phenoxy) is 1. The second-order valence-corrected chi connectivity index (χ2v) is 3.62. The van der Waals surface area contributed by atoms with Crippen molar-refractivity contribution in [1.82, 2.24) is 15.0 Å². The molecular weight excluding hydrogens is 192 g/mol. The maximum atomic E-state index is 5.85. The molecule has 0 bridgehead atoms. The predicted molar refractivity (Wildman–Crippen MR) is 58.4 cm³/mol. The number of nitrogens with two attached hydrogens (primary N) is 1. The van der Waals surface area contributed by atoms with Crippen LogP contribution in [0.2, 0.25) is 0 Å². The lowest BCUT2D eigenvalue weighted by atomic mass is 10.2. The van der Waals surface area contributed by atoms with Crippen LogP contribution < -0.4 is 5.73 Å². The number of rotatable bonds is 7. The SMILES string of the molecule is CCC(N)c1cn(CCCCOC)nn1. The fourth-order valence-corrected chi connectivity index (χ4v) is 1.32. The highest BCUT2D eigenvalue weighted by Crippen LogP contribution is 2.09. The van der Waals surface area contributed by atoms with E-state index in [1.54, 1.807) is 7.11 Å². The van der Waals surface area contributed by atoms with Crippen LogP contribution in [-0.4, -0.2) is 28.7 Å². The maximum absolute atomic E-state index is 5.85. The van der Waals surface area contributed by atoms with Gasteiger partial charge in [-0.3, -0.25) is 4.68 Å². The summed E-state index contributed by atoms with van der Waals surface area (Å²) in [6.07, 6.45) is 4.92. The Kier molecular flexibility index (Phi) is 5.28. The first-order chi connectivity index (χ1) is 7.27. The molecule has 1 heterocycles. The molecule has 5 nitrogen and oxygen atoms in total. The Morgan fingerprint density at radius 2 is 2.33 bits per heavy atom. The summed E-state index contributed by atoms with van der Waals surface area (Å²) in [5, 5.41) is 8.07. The van der Waals surface area contributed by atoms with Gasteiger partial charge in [-0.2, -0.15) is 0 Å². The third-order valence-electron chi connectivity index (χ3n) is 2.36. The molecule has 0 aliphatic rings. The number of aryl methyl sites for hydroxylation is 1. The molecular formula is C10H20N4O. The fourth-order valence-electron chi connectivity index (χ4n) is 1.32. The van der Waals surface area contributed by atoms with Gasteiger partial charge in [0.1, 0.15) is 0 Å². The average Bonchev–Trinajstić information content (AvgIpc) is 2.72. The van der Waals surface area contributed by atoms with Gasteiger partial charge in [-0.25, -0.2) is 0 Å². The molecule has 0 fully saturated rings. The lowest BCUT2D eigenvalue weighted by Gasteiger charge is -2.02. The van der Waals surface area contributed by atoms with E-state index in [9.17, 15) is 0 Å². The topological polar surface area (TPSA) is 66.0 Å². The third kappa shape index (κ3) is 3.97. The zero-order valence-electron chi connectivity index (χ0n) is 9.52. The highest BCUT2D eigenvalue weighted by Gasteiger charge is 2.07. The number of hydrogen-bond acceptors (Lipinski definition) is 4. The van der Waals surface area contributed by atoms with Crippen molar-refractivity contribution in [3.05, 3.63) is 11.9 Å². The highest BCUT2D eigenvalue weighted by atomic mass is 16.5. The largest absolute Gasteiger partial charge is 0.385 e. The number of methoxy groups -OCH3 is 1. The Bertz CT molecular complexity index is 274. The van der Waals surface area contributed by atoms with Crippen LogP contribution in [0.3, 0.4) is 0 Å². The maximum Gasteiger partial charge on any atom is 0.0993 e. The van der Waals surface area contributed by atoms with E-state index < -0.39 is 0 Å². The summed E-state index contributed by atoms with van der Waals surface area (Å²) in [6.45, 7) is 3.73. The fraction of sp³-hybridized carbons (Fsp3) is 0.800. The van der Waals surface area contributed by atoms with Gasteiger partial charge in [0.05, 0.1) is 17.9 Å². The molecule has 0 aromatic carbocycles. The number of unbranched alkanes of at least 4 members (excludes halogenated alkanes) is 1. The van der Waals surface area contributed by atoms with Crippen LogP contribution in [-0.2, 0) is 11.3 Å². The number of nitrogens with zero attached hydrogens (tertiary/aromatic N) is 3. The molecule has 1 rings (SSSR count). The monoisotopic (exact) mass is 212 g/mol. The molecule has 1 atom stereocenters. The molecule has 15 heavy (non-hydrogen) atoms. The Labute approximate surface area is 90.6 Å². The van der Waals surface area contributed by atoms with Crippen LogP contribution in [0.15, 0.2) is 6.20 Å². The molecule has 2 N–H and O–H groups in total. The highest BCUT2D eigenvalue weighted by molar-refractivity contribution is 4.98. The van der Waals surface area contributed by atoms with Crippen LogP contribution >= 0.6 is 0 Å². The molecule has 0 saturated heterocycles. The molecule has 1 unspecified atom stereocenters. The Hall–Kier alpha value is -0.940. The summed E-state index contributed by atoms with van der Waals surface area (Å²) in [7, 11) is 1.72. The Morgan fingerprint density at radius 3 is 3.00 bits per heavy atom. The van der Waals surface area contributed by atoms with Gasteiger partial charge in [0.2, 0.25) is 0 Å². The van der Waals surface area contributed by atoms with Gasteiger partial charge in [0, 0.05) is 20.3 Å².